The van der Waals surface area contributed by atoms with Crippen LogP contribution in [0.5, 0.6) is 0 Å². The summed E-state index contributed by atoms with van der Waals surface area (Å²) in [6, 6.07) is 9.44. The van der Waals surface area contributed by atoms with Crippen molar-refractivity contribution >= 4 is 12.4 Å². The summed E-state index contributed by atoms with van der Waals surface area (Å²) in [5.41, 5.74) is 5.87. The highest BCUT2D eigenvalue weighted by molar-refractivity contribution is 5.85. The summed E-state index contributed by atoms with van der Waals surface area (Å²) in [5.74, 6) is -2.81. The minimum absolute atomic E-state index is 0. The van der Waals surface area contributed by atoms with E-state index in [4.69, 9.17) is 10.5 Å². The van der Waals surface area contributed by atoms with Crippen LogP contribution in [-0.4, -0.2) is 19.1 Å². The fourth-order valence-corrected chi connectivity index (χ4v) is 1.09. The lowest BCUT2D eigenvalue weighted by molar-refractivity contribution is -0.0275. The first kappa shape index (κ1) is 15.3. The van der Waals surface area contributed by atoms with Crippen molar-refractivity contribution in [2.24, 2.45) is 5.73 Å². The maximum absolute atomic E-state index is 12.7. The Labute approximate surface area is 100 Å². The van der Waals surface area contributed by atoms with Crippen LogP contribution in [0.25, 0.3) is 0 Å². The molecule has 0 aromatic heterocycles. The molecule has 0 aliphatic heterocycles. The van der Waals surface area contributed by atoms with Crippen LogP contribution in [0, 0.1) is 0 Å². The van der Waals surface area contributed by atoms with Crippen LogP contribution < -0.4 is 5.73 Å². The third-order valence-corrected chi connectivity index (χ3v) is 2.02. The Morgan fingerprint density at radius 3 is 2.38 bits per heavy atom. The molecule has 0 heterocycles. The average Bonchev–Trinajstić information content (AvgIpc) is 2.26. The zero-order chi connectivity index (χ0) is 11.1. The van der Waals surface area contributed by atoms with Crippen molar-refractivity contribution in [3.05, 3.63) is 35.9 Å². The van der Waals surface area contributed by atoms with E-state index in [-0.39, 0.29) is 25.4 Å². The van der Waals surface area contributed by atoms with Crippen molar-refractivity contribution < 1.29 is 13.5 Å². The summed E-state index contributed by atoms with van der Waals surface area (Å²) in [7, 11) is 0. The van der Waals surface area contributed by atoms with E-state index >= 15 is 0 Å². The highest BCUT2D eigenvalue weighted by Gasteiger charge is 2.25. The molecule has 0 bridgehead atoms. The number of benzene rings is 1. The van der Waals surface area contributed by atoms with Crippen molar-refractivity contribution in [2.45, 2.75) is 19.0 Å². The number of hydrogen-bond donors (Lipinski definition) is 1. The van der Waals surface area contributed by atoms with Crippen LogP contribution in [0.2, 0.25) is 0 Å². The molecule has 0 fully saturated rings. The van der Waals surface area contributed by atoms with Gasteiger partial charge in [-0.25, -0.2) is 8.78 Å². The van der Waals surface area contributed by atoms with Gasteiger partial charge in [0.15, 0.2) is 0 Å². The van der Waals surface area contributed by atoms with Crippen LogP contribution in [-0.2, 0) is 11.3 Å². The molecule has 5 heteroatoms. The predicted molar refractivity (Wildman–Crippen MR) is 62.0 cm³/mol. The van der Waals surface area contributed by atoms with Crippen molar-refractivity contribution in [3.8, 4) is 0 Å². The number of nitrogens with two attached hydrogens (primary N) is 1. The van der Waals surface area contributed by atoms with E-state index in [9.17, 15) is 8.78 Å². The van der Waals surface area contributed by atoms with Gasteiger partial charge in [0, 0.05) is 6.42 Å². The lowest BCUT2D eigenvalue weighted by Gasteiger charge is -2.13. The molecule has 16 heavy (non-hydrogen) atoms. The van der Waals surface area contributed by atoms with Crippen LogP contribution in [0.4, 0.5) is 8.78 Å². The lowest BCUT2D eigenvalue weighted by atomic mass is 10.2. The molecule has 2 nitrogen and oxygen atoms in total. The standard InChI is InChI=1S/C11H15F2NO.ClH/c12-11(13,9-14)6-7-15-8-10-4-2-1-3-5-10;/h1-5H,6-9,14H2;1H. The highest BCUT2D eigenvalue weighted by atomic mass is 35.5. The summed E-state index contributed by atoms with van der Waals surface area (Å²) in [6.45, 7) is -0.234. The average molecular weight is 252 g/mol. The Kier molecular flexibility index (Phi) is 7.21. The third kappa shape index (κ3) is 6.00. The van der Waals surface area contributed by atoms with Crippen LogP contribution >= 0.6 is 12.4 Å². The molecule has 2 N–H and O–H groups in total. The lowest BCUT2D eigenvalue weighted by Crippen LogP contribution is -2.29. The fraction of sp³-hybridized carbons (Fsp3) is 0.455. The SMILES string of the molecule is Cl.NCC(F)(F)CCOCc1ccccc1. The van der Waals surface area contributed by atoms with Gasteiger partial charge in [0.2, 0.25) is 0 Å². The van der Waals surface area contributed by atoms with Crippen LogP contribution in [0.3, 0.4) is 0 Å². The second-order valence-electron chi connectivity index (χ2n) is 3.35. The van der Waals surface area contributed by atoms with E-state index in [1.165, 1.54) is 0 Å². The van der Waals surface area contributed by atoms with Crippen molar-refractivity contribution in [1.29, 1.82) is 0 Å². The number of halogens is 3. The maximum atomic E-state index is 12.7. The molecule has 0 aliphatic carbocycles. The number of rotatable bonds is 6. The Bertz CT molecular complexity index is 283. The molecule has 0 radical (unpaired) electrons. The Hall–Kier alpha value is -0.710. The minimum atomic E-state index is -2.81. The zero-order valence-electron chi connectivity index (χ0n) is 8.86. The Balaban J connectivity index is 0.00000225. The van der Waals surface area contributed by atoms with Crippen molar-refractivity contribution in [3.63, 3.8) is 0 Å². The van der Waals surface area contributed by atoms with Gasteiger partial charge in [-0.05, 0) is 5.56 Å². The van der Waals surface area contributed by atoms with Crippen molar-refractivity contribution in [1.82, 2.24) is 0 Å². The number of alkyl halides is 2. The van der Waals surface area contributed by atoms with E-state index in [1.807, 2.05) is 30.3 Å². The van der Waals surface area contributed by atoms with E-state index < -0.39 is 12.5 Å². The fourth-order valence-electron chi connectivity index (χ4n) is 1.09. The first-order chi connectivity index (χ1) is 7.14. The van der Waals surface area contributed by atoms with Gasteiger partial charge in [-0.2, -0.15) is 0 Å². The topological polar surface area (TPSA) is 35.2 Å². The van der Waals surface area contributed by atoms with E-state index in [1.54, 1.807) is 0 Å². The summed E-state index contributed by atoms with van der Waals surface area (Å²) in [4.78, 5) is 0. The van der Waals surface area contributed by atoms with E-state index in [2.05, 4.69) is 0 Å². The molecule has 0 atom stereocenters. The van der Waals surface area contributed by atoms with Crippen LogP contribution in [0.15, 0.2) is 30.3 Å². The van der Waals surface area contributed by atoms with Gasteiger partial charge in [-0.15, -0.1) is 12.4 Å². The molecule has 1 aromatic carbocycles. The molecule has 1 aromatic rings. The van der Waals surface area contributed by atoms with Gasteiger partial charge in [-0.1, -0.05) is 30.3 Å². The molecule has 92 valence electrons. The largest absolute Gasteiger partial charge is 0.377 e. The van der Waals surface area contributed by atoms with Gasteiger partial charge in [0.1, 0.15) is 0 Å². The minimum Gasteiger partial charge on any atom is -0.377 e. The monoisotopic (exact) mass is 251 g/mol. The maximum Gasteiger partial charge on any atom is 0.262 e. The first-order valence-electron chi connectivity index (χ1n) is 4.83. The Morgan fingerprint density at radius 2 is 1.81 bits per heavy atom. The van der Waals surface area contributed by atoms with Gasteiger partial charge >= 0.3 is 0 Å². The van der Waals surface area contributed by atoms with Gasteiger partial charge in [0.05, 0.1) is 19.8 Å². The predicted octanol–water partition coefficient (Wildman–Crippen LogP) is 2.61. The molecule has 0 saturated carbocycles. The molecule has 0 saturated heterocycles. The highest BCUT2D eigenvalue weighted by Crippen LogP contribution is 2.16. The van der Waals surface area contributed by atoms with Crippen LogP contribution in [0.1, 0.15) is 12.0 Å². The molecule has 0 unspecified atom stereocenters. The normalized spacial score (nSPS) is 10.9. The first-order valence-corrected chi connectivity index (χ1v) is 4.83. The van der Waals surface area contributed by atoms with E-state index in [0.717, 1.165) is 5.56 Å². The van der Waals surface area contributed by atoms with Crippen molar-refractivity contribution in [2.75, 3.05) is 13.2 Å². The number of hydrogen-bond acceptors (Lipinski definition) is 2. The number of ether oxygens (including phenoxy) is 1. The molecule has 0 aliphatic rings. The molecular formula is C11H16ClF2NO. The molecule has 1 rings (SSSR count). The second-order valence-corrected chi connectivity index (χ2v) is 3.35. The van der Waals surface area contributed by atoms with Gasteiger partial charge < -0.3 is 10.5 Å². The second kappa shape index (κ2) is 7.54. The summed E-state index contributed by atoms with van der Waals surface area (Å²) < 4.78 is 30.5. The summed E-state index contributed by atoms with van der Waals surface area (Å²) in [5, 5.41) is 0. The van der Waals surface area contributed by atoms with Gasteiger partial charge in [0.25, 0.3) is 5.92 Å². The smallest absolute Gasteiger partial charge is 0.262 e. The summed E-state index contributed by atoms with van der Waals surface area (Å²) >= 11 is 0. The van der Waals surface area contributed by atoms with E-state index in [0.29, 0.717) is 6.61 Å². The third-order valence-electron chi connectivity index (χ3n) is 2.02. The quantitative estimate of drug-likeness (QED) is 0.789. The molecular weight excluding hydrogens is 236 g/mol. The zero-order valence-corrected chi connectivity index (χ0v) is 9.68. The van der Waals surface area contributed by atoms with Gasteiger partial charge in [-0.3, -0.25) is 0 Å². The molecule has 0 amide bonds. The summed E-state index contributed by atoms with van der Waals surface area (Å²) in [6.07, 6.45) is -0.323. The molecule has 0 spiro atoms. The Morgan fingerprint density at radius 1 is 1.19 bits per heavy atom.